The minimum Gasteiger partial charge on any atom is -0.381 e. The van der Waals surface area contributed by atoms with Crippen LogP contribution in [0.15, 0.2) is 0 Å². The first-order valence-electron chi connectivity index (χ1n) is 7.13. The lowest BCUT2D eigenvalue weighted by atomic mass is 10.1. The molecule has 2 fully saturated rings. The number of rotatable bonds is 6. The summed E-state index contributed by atoms with van der Waals surface area (Å²) in [6.07, 6.45) is 4.89. The smallest absolute Gasteiger partial charge is 0.381 e. The van der Waals surface area contributed by atoms with E-state index in [4.69, 9.17) is 4.84 Å². The molecule has 1 unspecified atom stereocenters. The minimum absolute atomic E-state index is 0.0378. The highest BCUT2D eigenvalue weighted by Crippen LogP contribution is 2.31. The van der Waals surface area contributed by atoms with E-state index in [-0.39, 0.29) is 23.5 Å². The molecule has 0 saturated heterocycles. The van der Waals surface area contributed by atoms with Gasteiger partial charge < -0.3 is 10.4 Å². The molecule has 0 aromatic rings. The second-order valence-electron chi connectivity index (χ2n) is 6.62. The largest absolute Gasteiger partial charge is 0.382 e. The number of hydroxylamine groups is 1. The van der Waals surface area contributed by atoms with Crippen LogP contribution in [0, 0.1) is 5.92 Å². The maximum atomic E-state index is 11.7. The van der Waals surface area contributed by atoms with E-state index >= 15 is 0 Å². The van der Waals surface area contributed by atoms with Crippen LogP contribution in [0.5, 0.6) is 0 Å². The summed E-state index contributed by atoms with van der Waals surface area (Å²) in [5.41, 5.74) is -0.0378. The highest BCUT2D eigenvalue weighted by atomic mass is 16.7. The summed E-state index contributed by atoms with van der Waals surface area (Å²) in [7, 11) is 0. The summed E-state index contributed by atoms with van der Waals surface area (Å²) in [4.78, 5) is 17.0. The van der Waals surface area contributed by atoms with Gasteiger partial charge in [-0.3, -0.25) is 0 Å². The normalized spacial score (nSPS) is 22.2. The van der Waals surface area contributed by atoms with E-state index in [2.05, 4.69) is 5.32 Å². The molecule has 108 valence electrons. The van der Waals surface area contributed by atoms with Gasteiger partial charge in [0.15, 0.2) is 0 Å². The van der Waals surface area contributed by atoms with Crippen molar-refractivity contribution in [1.82, 2.24) is 5.32 Å². The number of aliphatic hydroxyl groups is 1. The van der Waals surface area contributed by atoms with Gasteiger partial charge in [0.25, 0.3) is 0 Å². The first-order chi connectivity index (χ1) is 8.85. The Bertz CT molecular complexity index is 365. The number of aliphatic hydroxyl groups excluding tert-OH is 1. The van der Waals surface area contributed by atoms with Crippen molar-refractivity contribution in [2.24, 2.45) is 5.92 Å². The summed E-state index contributed by atoms with van der Waals surface area (Å²) in [5, 5.41) is 13.2. The van der Waals surface area contributed by atoms with Gasteiger partial charge in [-0.05, 0) is 38.4 Å². The van der Waals surface area contributed by atoms with E-state index in [1.165, 1.54) is 0 Å². The SMILES string of the molecule is CC(C)(C)NCC(O)C=[N+](OC(=O)C1CC1)C1CC1. The van der Waals surface area contributed by atoms with E-state index in [1.54, 1.807) is 11.0 Å². The van der Waals surface area contributed by atoms with Crippen molar-refractivity contribution in [1.29, 1.82) is 0 Å². The molecular weight excluding hydrogens is 244 g/mol. The van der Waals surface area contributed by atoms with Gasteiger partial charge in [-0.2, -0.15) is 4.84 Å². The monoisotopic (exact) mass is 269 g/mol. The molecule has 1 atom stereocenters. The molecule has 2 rings (SSSR count). The van der Waals surface area contributed by atoms with E-state index < -0.39 is 6.10 Å². The lowest BCUT2D eigenvalue weighted by Crippen LogP contribution is -2.42. The van der Waals surface area contributed by atoms with Crippen LogP contribution in [0.4, 0.5) is 0 Å². The number of nitrogens with one attached hydrogen (secondary N) is 1. The maximum absolute atomic E-state index is 11.7. The Morgan fingerprint density at radius 2 is 2.05 bits per heavy atom. The Balaban J connectivity index is 1.86. The molecular formula is C14H25N2O3+. The molecule has 2 aliphatic rings. The van der Waals surface area contributed by atoms with Crippen LogP contribution in [-0.2, 0) is 9.63 Å². The Labute approximate surface area is 114 Å². The van der Waals surface area contributed by atoms with Gasteiger partial charge in [0.05, 0.1) is 5.92 Å². The van der Waals surface area contributed by atoms with E-state index in [0.29, 0.717) is 6.54 Å². The van der Waals surface area contributed by atoms with Crippen molar-refractivity contribution in [3.63, 3.8) is 0 Å². The summed E-state index contributed by atoms with van der Waals surface area (Å²) < 4.78 is 1.57. The first-order valence-corrected chi connectivity index (χ1v) is 7.13. The molecule has 0 radical (unpaired) electrons. The van der Waals surface area contributed by atoms with Gasteiger partial charge in [0, 0.05) is 24.9 Å². The van der Waals surface area contributed by atoms with Crippen LogP contribution in [0.1, 0.15) is 46.5 Å². The molecule has 2 saturated carbocycles. The molecule has 0 aromatic heterocycles. The van der Waals surface area contributed by atoms with Crippen molar-refractivity contribution < 1.29 is 19.5 Å². The van der Waals surface area contributed by atoms with Crippen molar-refractivity contribution in [3.05, 3.63) is 0 Å². The van der Waals surface area contributed by atoms with E-state index in [9.17, 15) is 9.90 Å². The zero-order valence-corrected chi connectivity index (χ0v) is 12.1. The van der Waals surface area contributed by atoms with Gasteiger partial charge in [-0.25, -0.2) is 4.79 Å². The molecule has 0 amide bonds. The van der Waals surface area contributed by atoms with Crippen LogP contribution < -0.4 is 5.32 Å². The molecule has 0 aliphatic heterocycles. The fourth-order valence-corrected chi connectivity index (χ4v) is 1.69. The van der Waals surface area contributed by atoms with Gasteiger partial charge in [0.1, 0.15) is 6.10 Å². The Morgan fingerprint density at radius 1 is 1.42 bits per heavy atom. The second-order valence-corrected chi connectivity index (χ2v) is 6.62. The van der Waals surface area contributed by atoms with Crippen LogP contribution in [-0.4, -0.2) is 46.3 Å². The molecule has 0 aromatic carbocycles. The van der Waals surface area contributed by atoms with Gasteiger partial charge >= 0.3 is 5.97 Å². The van der Waals surface area contributed by atoms with Crippen molar-refractivity contribution >= 4 is 12.2 Å². The standard InChI is InChI=1S/C14H25N2O3/c1-14(2,3)15-8-12(17)9-16(11-6-7-11)19-13(18)10-4-5-10/h9-12,15,17H,4-8H2,1-3H3/q+1. The Morgan fingerprint density at radius 3 is 2.53 bits per heavy atom. The van der Waals surface area contributed by atoms with Crippen LogP contribution in [0.3, 0.4) is 0 Å². The summed E-state index contributed by atoms with van der Waals surface area (Å²) in [6, 6.07) is 0.256. The zero-order chi connectivity index (χ0) is 14.0. The second kappa shape index (κ2) is 5.59. The van der Waals surface area contributed by atoms with Crippen molar-refractivity contribution in [2.75, 3.05) is 6.54 Å². The number of carbonyl (C=O) groups excluding carboxylic acids is 1. The molecule has 19 heavy (non-hydrogen) atoms. The third kappa shape index (κ3) is 5.28. The van der Waals surface area contributed by atoms with Crippen molar-refractivity contribution in [2.45, 2.75) is 64.1 Å². The van der Waals surface area contributed by atoms with E-state index in [1.807, 2.05) is 20.8 Å². The summed E-state index contributed by atoms with van der Waals surface area (Å²) >= 11 is 0. The van der Waals surface area contributed by atoms with Crippen LogP contribution in [0.25, 0.3) is 0 Å². The third-order valence-electron chi connectivity index (χ3n) is 3.17. The minimum atomic E-state index is -0.646. The number of hydrogen-bond acceptors (Lipinski definition) is 4. The number of β-amino-alcohol motifs (C(OH)–C–C–N with tert-alkyl or cyclic N) is 1. The number of nitrogens with zero attached hydrogens (tertiary/aromatic N) is 1. The maximum Gasteiger partial charge on any atom is 0.382 e. The van der Waals surface area contributed by atoms with Gasteiger partial charge in [-0.1, -0.05) is 0 Å². The molecule has 2 N–H and O–H groups in total. The Hall–Kier alpha value is -0.940. The molecule has 0 heterocycles. The predicted molar refractivity (Wildman–Crippen MR) is 71.9 cm³/mol. The summed E-state index contributed by atoms with van der Waals surface area (Å²) in [6.45, 7) is 6.59. The molecule has 0 bridgehead atoms. The number of hydrogen-bond donors (Lipinski definition) is 2. The molecule has 0 spiro atoms. The fourth-order valence-electron chi connectivity index (χ4n) is 1.69. The Kier molecular flexibility index (Phi) is 4.26. The predicted octanol–water partition coefficient (Wildman–Crippen LogP) is 0.849. The average molecular weight is 269 g/mol. The highest BCUT2D eigenvalue weighted by molar-refractivity contribution is 5.74. The summed E-state index contributed by atoms with van der Waals surface area (Å²) in [5.74, 6) is -0.0707. The van der Waals surface area contributed by atoms with Gasteiger partial charge in [0.2, 0.25) is 12.3 Å². The van der Waals surface area contributed by atoms with E-state index in [0.717, 1.165) is 25.7 Å². The first kappa shape index (κ1) is 14.5. The fraction of sp³-hybridized carbons (Fsp3) is 0.857. The molecule has 2 aliphatic carbocycles. The molecule has 5 heteroatoms. The quantitative estimate of drug-likeness (QED) is 0.325. The average Bonchev–Trinajstić information content (AvgIpc) is 3.17. The van der Waals surface area contributed by atoms with Crippen molar-refractivity contribution in [3.8, 4) is 0 Å². The number of carbonyl (C=O) groups is 1. The molecule has 5 nitrogen and oxygen atoms in total. The zero-order valence-electron chi connectivity index (χ0n) is 12.1. The van der Waals surface area contributed by atoms with Crippen LogP contribution >= 0.6 is 0 Å². The van der Waals surface area contributed by atoms with Crippen LogP contribution in [0.2, 0.25) is 0 Å². The van der Waals surface area contributed by atoms with Gasteiger partial charge in [-0.15, -0.1) is 0 Å². The lowest BCUT2D eigenvalue weighted by molar-refractivity contribution is -0.769. The topological polar surface area (TPSA) is 61.6 Å². The highest BCUT2D eigenvalue weighted by Gasteiger charge is 2.41. The third-order valence-corrected chi connectivity index (χ3v) is 3.17. The lowest BCUT2D eigenvalue weighted by Gasteiger charge is -2.20.